The van der Waals surface area contributed by atoms with Gasteiger partial charge in [0.05, 0.1) is 5.56 Å². The summed E-state index contributed by atoms with van der Waals surface area (Å²) >= 11 is 3.37. The predicted molar refractivity (Wildman–Crippen MR) is 81.4 cm³/mol. The van der Waals surface area contributed by atoms with Crippen molar-refractivity contribution < 1.29 is 4.79 Å². The number of carbonyl (C=O) groups is 1. The van der Waals surface area contributed by atoms with E-state index in [1.165, 1.54) is 19.3 Å². The molecule has 1 aliphatic rings. The number of halogens is 1. The number of nitrogens with two attached hydrogens (primary N) is 1. The van der Waals surface area contributed by atoms with Gasteiger partial charge >= 0.3 is 0 Å². The summed E-state index contributed by atoms with van der Waals surface area (Å²) in [5.41, 5.74) is 6.80. The molecule has 1 aromatic rings. The zero-order valence-corrected chi connectivity index (χ0v) is 12.5. The van der Waals surface area contributed by atoms with Gasteiger partial charge in [0, 0.05) is 16.7 Å². The molecule has 5 heteroatoms. The molecule has 104 valence electrons. The molecule has 0 aromatic heterocycles. The van der Waals surface area contributed by atoms with Crippen molar-refractivity contribution in [3.63, 3.8) is 0 Å². The summed E-state index contributed by atoms with van der Waals surface area (Å²) in [6, 6.07) is 5.54. The highest BCUT2D eigenvalue weighted by molar-refractivity contribution is 9.10. The van der Waals surface area contributed by atoms with Gasteiger partial charge in [-0.3, -0.25) is 4.79 Å². The van der Waals surface area contributed by atoms with Crippen molar-refractivity contribution >= 4 is 27.5 Å². The van der Waals surface area contributed by atoms with Crippen molar-refractivity contribution in [1.82, 2.24) is 5.32 Å². The summed E-state index contributed by atoms with van der Waals surface area (Å²) in [4.78, 5) is 11.1. The second kappa shape index (κ2) is 6.91. The van der Waals surface area contributed by atoms with E-state index >= 15 is 0 Å². The van der Waals surface area contributed by atoms with Gasteiger partial charge in [-0.25, -0.2) is 0 Å². The number of rotatable bonds is 5. The molecule has 1 amide bonds. The highest BCUT2D eigenvalue weighted by Gasteiger charge is 2.12. The molecule has 0 saturated carbocycles. The van der Waals surface area contributed by atoms with Crippen LogP contribution in [0.15, 0.2) is 22.7 Å². The normalized spacial score (nSPS) is 19.1. The molecule has 4 nitrogen and oxygen atoms in total. The van der Waals surface area contributed by atoms with E-state index in [-0.39, 0.29) is 0 Å². The van der Waals surface area contributed by atoms with Gasteiger partial charge in [-0.2, -0.15) is 0 Å². The number of hydrogen-bond acceptors (Lipinski definition) is 3. The molecule has 1 heterocycles. The number of carbonyl (C=O) groups excluding carboxylic acids is 1. The second-order valence-electron chi connectivity index (χ2n) is 4.99. The van der Waals surface area contributed by atoms with Crippen LogP contribution in [0.25, 0.3) is 0 Å². The number of nitrogens with one attached hydrogen (secondary N) is 2. The van der Waals surface area contributed by atoms with Gasteiger partial charge in [0.1, 0.15) is 0 Å². The van der Waals surface area contributed by atoms with Gasteiger partial charge in [-0.05, 0) is 72.4 Å². The lowest BCUT2D eigenvalue weighted by molar-refractivity contribution is 0.0999. The molecular formula is C14H20BrN3O. The summed E-state index contributed by atoms with van der Waals surface area (Å²) in [6.07, 6.45) is 3.77. The van der Waals surface area contributed by atoms with E-state index in [2.05, 4.69) is 26.6 Å². The van der Waals surface area contributed by atoms with Gasteiger partial charge in [0.15, 0.2) is 0 Å². The highest BCUT2D eigenvalue weighted by Crippen LogP contribution is 2.21. The van der Waals surface area contributed by atoms with Crippen LogP contribution in [0.1, 0.15) is 29.6 Å². The lowest BCUT2D eigenvalue weighted by Crippen LogP contribution is -2.30. The van der Waals surface area contributed by atoms with Crippen molar-refractivity contribution in [2.45, 2.75) is 19.3 Å². The van der Waals surface area contributed by atoms with E-state index in [0.717, 1.165) is 35.7 Å². The first-order chi connectivity index (χ1) is 9.16. The lowest BCUT2D eigenvalue weighted by Gasteiger charge is -2.22. The molecule has 1 saturated heterocycles. The van der Waals surface area contributed by atoms with Crippen LogP contribution in [0, 0.1) is 5.92 Å². The number of primary amides is 1. The van der Waals surface area contributed by atoms with Gasteiger partial charge < -0.3 is 16.4 Å². The maximum atomic E-state index is 11.1. The van der Waals surface area contributed by atoms with Gasteiger partial charge in [0.2, 0.25) is 5.91 Å². The molecule has 0 bridgehead atoms. The minimum absolute atomic E-state index is 0.410. The monoisotopic (exact) mass is 325 g/mol. The van der Waals surface area contributed by atoms with E-state index in [9.17, 15) is 4.79 Å². The second-order valence-corrected chi connectivity index (χ2v) is 5.84. The van der Waals surface area contributed by atoms with Gasteiger partial charge in [0.25, 0.3) is 0 Å². The maximum absolute atomic E-state index is 11.1. The molecule has 0 radical (unpaired) electrons. The number of piperidine rings is 1. The molecule has 1 unspecified atom stereocenters. The SMILES string of the molecule is NC(=O)c1ccc(NCCC2CCCNC2)cc1Br. The molecule has 4 N–H and O–H groups in total. The van der Waals surface area contributed by atoms with Crippen LogP contribution in [-0.4, -0.2) is 25.5 Å². The number of hydrogen-bond donors (Lipinski definition) is 3. The van der Waals surface area contributed by atoms with Crippen molar-refractivity contribution in [3.8, 4) is 0 Å². The average Bonchev–Trinajstić information content (AvgIpc) is 2.39. The molecular weight excluding hydrogens is 306 g/mol. The van der Waals surface area contributed by atoms with Crippen molar-refractivity contribution in [1.29, 1.82) is 0 Å². The summed E-state index contributed by atoms with van der Waals surface area (Å²) in [5.74, 6) is 0.362. The minimum atomic E-state index is -0.410. The Morgan fingerprint density at radius 2 is 2.37 bits per heavy atom. The molecule has 0 spiro atoms. The lowest BCUT2D eigenvalue weighted by atomic mass is 9.96. The van der Waals surface area contributed by atoms with Crippen LogP contribution in [0.3, 0.4) is 0 Å². The van der Waals surface area contributed by atoms with Crippen LogP contribution in [-0.2, 0) is 0 Å². The average molecular weight is 326 g/mol. The Morgan fingerprint density at radius 1 is 1.53 bits per heavy atom. The summed E-state index contributed by atoms with van der Waals surface area (Å²) in [6.45, 7) is 3.24. The Hall–Kier alpha value is -1.07. The smallest absolute Gasteiger partial charge is 0.249 e. The van der Waals surface area contributed by atoms with E-state index in [1.807, 2.05) is 12.1 Å². The number of anilines is 1. The Morgan fingerprint density at radius 3 is 3.00 bits per heavy atom. The van der Waals surface area contributed by atoms with E-state index < -0.39 is 5.91 Å². The fourth-order valence-electron chi connectivity index (χ4n) is 2.42. The third kappa shape index (κ3) is 4.21. The Labute approximate surface area is 122 Å². The fraction of sp³-hybridized carbons (Fsp3) is 0.500. The van der Waals surface area contributed by atoms with E-state index in [1.54, 1.807) is 6.07 Å². The molecule has 19 heavy (non-hydrogen) atoms. The molecule has 1 atom stereocenters. The first kappa shape index (κ1) is 14.3. The zero-order chi connectivity index (χ0) is 13.7. The molecule has 1 aliphatic heterocycles. The van der Waals surface area contributed by atoms with Gasteiger partial charge in [-0.15, -0.1) is 0 Å². The molecule has 1 fully saturated rings. The van der Waals surface area contributed by atoms with Crippen LogP contribution in [0.2, 0.25) is 0 Å². The number of amides is 1. The highest BCUT2D eigenvalue weighted by atomic mass is 79.9. The van der Waals surface area contributed by atoms with E-state index in [4.69, 9.17) is 5.73 Å². The minimum Gasteiger partial charge on any atom is -0.385 e. The number of benzene rings is 1. The van der Waals surface area contributed by atoms with Gasteiger partial charge in [-0.1, -0.05) is 0 Å². The maximum Gasteiger partial charge on any atom is 0.249 e. The largest absolute Gasteiger partial charge is 0.385 e. The Balaban J connectivity index is 1.82. The zero-order valence-electron chi connectivity index (χ0n) is 10.9. The Bertz CT molecular complexity index is 444. The summed E-state index contributed by atoms with van der Waals surface area (Å²) in [5, 5.41) is 6.81. The third-order valence-corrected chi connectivity index (χ3v) is 4.17. The van der Waals surface area contributed by atoms with Crippen LogP contribution in [0.4, 0.5) is 5.69 Å². The van der Waals surface area contributed by atoms with Crippen LogP contribution < -0.4 is 16.4 Å². The molecule has 0 aliphatic carbocycles. The standard InChI is InChI=1S/C14H20BrN3O/c15-13-8-11(3-4-12(13)14(16)19)18-7-5-10-2-1-6-17-9-10/h3-4,8,10,17-18H,1-2,5-7,9H2,(H2,16,19). The third-order valence-electron chi connectivity index (χ3n) is 3.52. The van der Waals surface area contributed by atoms with Crippen molar-refractivity contribution in [3.05, 3.63) is 28.2 Å². The van der Waals surface area contributed by atoms with Crippen LogP contribution in [0.5, 0.6) is 0 Å². The Kier molecular flexibility index (Phi) is 5.22. The summed E-state index contributed by atoms with van der Waals surface area (Å²) < 4.78 is 0.740. The quantitative estimate of drug-likeness (QED) is 0.778. The molecule has 1 aromatic carbocycles. The first-order valence-corrected chi connectivity index (χ1v) is 7.50. The first-order valence-electron chi connectivity index (χ1n) is 6.71. The van der Waals surface area contributed by atoms with E-state index in [0.29, 0.717) is 5.56 Å². The van der Waals surface area contributed by atoms with Crippen LogP contribution >= 0.6 is 15.9 Å². The topological polar surface area (TPSA) is 67.2 Å². The van der Waals surface area contributed by atoms with Crippen molar-refractivity contribution in [2.24, 2.45) is 11.7 Å². The van der Waals surface area contributed by atoms with Crippen molar-refractivity contribution in [2.75, 3.05) is 25.0 Å². The predicted octanol–water partition coefficient (Wildman–Crippen LogP) is 2.35. The summed E-state index contributed by atoms with van der Waals surface area (Å²) in [7, 11) is 0. The fourth-order valence-corrected chi connectivity index (χ4v) is 2.99. The molecule has 2 rings (SSSR count).